The summed E-state index contributed by atoms with van der Waals surface area (Å²) >= 11 is 0. The summed E-state index contributed by atoms with van der Waals surface area (Å²) in [6, 6.07) is 0. The number of carbonyl (C=O) groups excluding carboxylic acids is 1. The number of aryl methyl sites for hydroxylation is 1. The summed E-state index contributed by atoms with van der Waals surface area (Å²) in [5, 5.41) is 6.72. The molecule has 1 aromatic rings. The van der Waals surface area contributed by atoms with E-state index in [1.807, 2.05) is 0 Å². The number of rotatable bonds is 6. The zero-order chi connectivity index (χ0) is 11.1. The first-order valence-corrected chi connectivity index (χ1v) is 4.88. The van der Waals surface area contributed by atoms with Crippen LogP contribution >= 0.6 is 0 Å². The van der Waals surface area contributed by atoms with Gasteiger partial charge >= 0.3 is 5.97 Å². The first-order chi connectivity index (χ1) is 7.22. The van der Waals surface area contributed by atoms with Gasteiger partial charge in [0.15, 0.2) is 5.82 Å². The van der Waals surface area contributed by atoms with Gasteiger partial charge < -0.3 is 14.6 Å². The second kappa shape index (κ2) is 6.13. The molecule has 1 heterocycles. The van der Waals surface area contributed by atoms with E-state index in [1.54, 1.807) is 13.8 Å². The van der Waals surface area contributed by atoms with E-state index in [0.29, 0.717) is 37.8 Å². The maximum Gasteiger partial charge on any atom is 0.307 e. The Labute approximate surface area is 88.0 Å². The van der Waals surface area contributed by atoms with Gasteiger partial charge in [0.25, 0.3) is 0 Å². The molecule has 0 saturated heterocycles. The highest BCUT2D eigenvalue weighted by atomic mass is 16.5. The van der Waals surface area contributed by atoms with Gasteiger partial charge in [-0.2, -0.15) is 4.98 Å². The fraction of sp³-hybridized carbons (Fsp3) is 0.667. The highest BCUT2D eigenvalue weighted by molar-refractivity contribution is 5.69. The number of nitrogens with zero attached hydrogens (tertiary/aromatic N) is 2. The van der Waals surface area contributed by atoms with Crippen molar-refractivity contribution in [2.24, 2.45) is 0 Å². The zero-order valence-electron chi connectivity index (χ0n) is 8.95. The van der Waals surface area contributed by atoms with Crippen LogP contribution in [-0.4, -0.2) is 29.3 Å². The highest BCUT2D eigenvalue weighted by Gasteiger charge is 2.03. The van der Waals surface area contributed by atoms with Crippen LogP contribution < -0.4 is 5.32 Å². The molecule has 0 saturated carbocycles. The number of hydrogen-bond donors (Lipinski definition) is 1. The zero-order valence-corrected chi connectivity index (χ0v) is 8.95. The molecule has 0 fully saturated rings. The van der Waals surface area contributed by atoms with Crippen molar-refractivity contribution in [2.75, 3.05) is 13.2 Å². The molecule has 84 valence electrons. The van der Waals surface area contributed by atoms with Gasteiger partial charge in [-0.05, 0) is 6.92 Å². The van der Waals surface area contributed by atoms with Crippen LogP contribution in [0.15, 0.2) is 4.52 Å². The molecule has 0 unspecified atom stereocenters. The number of hydrogen-bond acceptors (Lipinski definition) is 6. The number of esters is 1. The van der Waals surface area contributed by atoms with E-state index in [-0.39, 0.29) is 5.97 Å². The molecule has 0 bridgehead atoms. The largest absolute Gasteiger partial charge is 0.466 e. The maximum atomic E-state index is 10.9. The first kappa shape index (κ1) is 11.6. The lowest BCUT2D eigenvalue weighted by molar-refractivity contribution is -0.142. The number of carbonyl (C=O) groups is 1. The second-order valence-corrected chi connectivity index (χ2v) is 2.96. The minimum Gasteiger partial charge on any atom is -0.466 e. The molecule has 0 aromatic carbocycles. The fourth-order valence-electron chi connectivity index (χ4n) is 1.04. The van der Waals surface area contributed by atoms with Crippen molar-refractivity contribution in [3.05, 3.63) is 11.7 Å². The summed E-state index contributed by atoms with van der Waals surface area (Å²) in [5.41, 5.74) is 0. The summed E-state index contributed by atoms with van der Waals surface area (Å²) in [6.07, 6.45) is 0.352. The topological polar surface area (TPSA) is 77.2 Å². The number of nitrogens with one attached hydrogen (secondary N) is 1. The van der Waals surface area contributed by atoms with Crippen LogP contribution in [0.4, 0.5) is 0 Å². The number of aromatic nitrogens is 2. The lowest BCUT2D eigenvalue weighted by Crippen LogP contribution is -2.19. The summed E-state index contributed by atoms with van der Waals surface area (Å²) in [5.74, 6) is 0.933. The van der Waals surface area contributed by atoms with Gasteiger partial charge in [-0.25, -0.2) is 0 Å². The SMILES string of the molecule is CCOC(=O)CCNCc1noc(C)n1. The van der Waals surface area contributed by atoms with Crippen molar-refractivity contribution in [3.63, 3.8) is 0 Å². The Morgan fingerprint density at radius 2 is 2.40 bits per heavy atom. The van der Waals surface area contributed by atoms with E-state index in [1.165, 1.54) is 0 Å². The Morgan fingerprint density at radius 1 is 1.60 bits per heavy atom. The van der Waals surface area contributed by atoms with Crippen LogP contribution in [0.3, 0.4) is 0 Å². The van der Waals surface area contributed by atoms with Crippen LogP contribution in [0.1, 0.15) is 25.1 Å². The van der Waals surface area contributed by atoms with Crippen LogP contribution in [0, 0.1) is 6.92 Å². The lowest BCUT2D eigenvalue weighted by atomic mass is 10.4. The van der Waals surface area contributed by atoms with Crippen LogP contribution in [0.2, 0.25) is 0 Å². The molecule has 15 heavy (non-hydrogen) atoms. The molecule has 0 amide bonds. The normalized spacial score (nSPS) is 10.3. The third-order valence-corrected chi connectivity index (χ3v) is 1.66. The van der Waals surface area contributed by atoms with Gasteiger partial charge in [0.05, 0.1) is 19.6 Å². The van der Waals surface area contributed by atoms with Crippen LogP contribution in [0.5, 0.6) is 0 Å². The molecule has 6 nitrogen and oxygen atoms in total. The van der Waals surface area contributed by atoms with Crippen molar-refractivity contribution in [1.29, 1.82) is 0 Å². The Kier molecular flexibility index (Phi) is 4.76. The van der Waals surface area contributed by atoms with Crippen molar-refractivity contribution in [1.82, 2.24) is 15.5 Å². The van der Waals surface area contributed by atoms with E-state index in [2.05, 4.69) is 15.5 Å². The van der Waals surface area contributed by atoms with Crippen molar-refractivity contribution in [2.45, 2.75) is 26.8 Å². The molecule has 1 N–H and O–H groups in total. The number of ether oxygens (including phenoxy) is 1. The predicted molar refractivity (Wildman–Crippen MR) is 52.0 cm³/mol. The molecule has 0 atom stereocenters. The summed E-state index contributed by atoms with van der Waals surface area (Å²) in [7, 11) is 0. The molecule has 1 rings (SSSR count). The standard InChI is InChI=1S/C9H15N3O3/c1-3-14-9(13)4-5-10-6-8-11-7(2)15-12-8/h10H,3-6H2,1-2H3. The molecule has 0 aliphatic rings. The molecule has 0 radical (unpaired) electrons. The molecule has 0 aliphatic heterocycles. The molecular weight excluding hydrogens is 198 g/mol. The van der Waals surface area contributed by atoms with Gasteiger partial charge in [-0.3, -0.25) is 4.79 Å². The Bertz CT molecular complexity index is 311. The summed E-state index contributed by atoms with van der Waals surface area (Å²) in [6.45, 7) is 4.98. The monoisotopic (exact) mass is 213 g/mol. The third-order valence-electron chi connectivity index (χ3n) is 1.66. The minimum atomic E-state index is -0.200. The van der Waals surface area contributed by atoms with Gasteiger partial charge in [0.2, 0.25) is 5.89 Å². The Hall–Kier alpha value is -1.43. The average Bonchev–Trinajstić information content (AvgIpc) is 2.60. The summed E-state index contributed by atoms with van der Waals surface area (Å²) < 4.78 is 9.56. The van der Waals surface area contributed by atoms with Gasteiger partial charge in [0, 0.05) is 13.5 Å². The molecule has 6 heteroatoms. The summed E-state index contributed by atoms with van der Waals surface area (Å²) in [4.78, 5) is 15.0. The van der Waals surface area contributed by atoms with Crippen molar-refractivity contribution < 1.29 is 14.1 Å². The van der Waals surface area contributed by atoms with E-state index in [4.69, 9.17) is 9.26 Å². The Balaban J connectivity index is 2.09. The van der Waals surface area contributed by atoms with Crippen molar-refractivity contribution in [3.8, 4) is 0 Å². The lowest BCUT2D eigenvalue weighted by Gasteiger charge is -2.01. The predicted octanol–water partition coefficient (Wildman–Crippen LogP) is 0.421. The minimum absolute atomic E-state index is 0.200. The second-order valence-electron chi connectivity index (χ2n) is 2.96. The van der Waals surface area contributed by atoms with Crippen LogP contribution in [-0.2, 0) is 16.1 Å². The smallest absolute Gasteiger partial charge is 0.307 e. The first-order valence-electron chi connectivity index (χ1n) is 4.88. The van der Waals surface area contributed by atoms with Gasteiger partial charge in [0.1, 0.15) is 0 Å². The molecule has 0 aliphatic carbocycles. The fourth-order valence-corrected chi connectivity index (χ4v) is 1.04. The van der Waals surface area contributed by atoms with Gasteiger partial charge in [-0.1, -0.05) is 5.16 Å². The van der Waals surface area contributed by atoms with E-state index in [9.17, 15) is 4.79 Å². The van der Waals surface area contributed by atoms with E-state index in [0.717, 1.165) is 0 Å². The third kappa shape index (κ3) is 4.55. The highest BCUT2D eigenvalue weighted by Crippen LogP contribution is 1.93. The maximum absolute atomic E-state index is 10.9. The van der Waals surface area contributed by atoms with Gasteiger partial charge in [-0.15, -0.1) is 0 Å². The van der Waals surface area contributed by atoms with E-state index < -0.39 is 0 Å². The average molecular weight is 213 g/mol. The van der Waals surface area contributed by atoms with Crippen LogP contribution in [0.25, 0.3) is 0 Å². The quantitative estimate of drug-likeness (QED) is 0.545. The molecule has 0 spiro atoms. The molecule has 1 aromatic heterocycles. The van der Waals surface area contributed by atoms with Crippen molar-refractivity contribution >= 4 is 5.97 Å². The Morgan fingerprint density at radius 3 is 3.00 bits per heavy atom. The van der Waals surface area contributed by atoms with E-state index >= 15 is 0 Å². The molecular formula is C9H15N3O3.